The standard InChI is InChI=1S/C20H21ClN4O3S/c1-4-28-17-9-11-18(12-10-17)29(26,27)24-22-13-19-15(3)23-25(20(19)21)16-7-5-14(2)6-8-16/h5-13,24H,4H2,1-3H3. The zero-order valence-electron chi connectivity index (χ0n) is 16.3. The third-order valence-electron chi connectivity index (χ3n) is 4.14. The van der Waals surface area contributed by atoms with Gasteiger partial charge < -0.3 is 4.74 Å². The van der Waals surface area contributed by atoms with E-state index in [0.717, 1.165) is 11.3 Å². The van der Waals surface area contributed by atoms with Crippen LogP contribution in [0.4, 0.5) is 0 Å². The van der Waals surface area contributed by atoms with E-state index in [-0.39, 0.29) is 4.90 Å². The lowest BCUT2D eigenvalue weighted by Gasteiger charge is -2.06. The van der Waals surface area contributed by atoms with Crippen LogP contribution in [0.25, 0.3) is 5.69 Å². The Hall–Kier alpha value is -2.84. The fraction of sp³-hybridized carbons (Fsp3) is 0.200. The molecule has 3 rings (SSSR count). The van der Waals surface area contributed by atoms with Crippen LogP contribution in [0, 0.1) is 13.8 Å². The second kappa shape index (κ2) is 8.67. The molecule has 0 unspecified atom stereocenters. The van der Waals surface area contributed by atoms with Gasteiger partial charge in [0.15, 0.2) is 0 Å². The molecule has 3 aromatic rings. The average molecular weight is 433 g/mol. The molecule has 2 aromatic carbocycles. The van der Waals surface area contributed by atoms with Crippen LogP contribution in [0.5, 0.6) is 5.75 Å². The number of sulfonamides is 1. The highest BCUT2D eigenvalue weighted by molar-refractivity contribution is 7.89. The van der Waals surface area contributed by atoms with Crippen LogP contribution in [-0.2, 0) is 10.0 Å². The molecule has 0 saturated heterocycles. The van der Waals surface area contributed by atoms with Gasteiger partial charge in [-0.3, -0.25) is 0 Å². The maximum atomic E-state index is 12.4. The summed E-state index contributed by atoms with van der Waals surface area (Å²) in [6, 6.07) is 13.8. The highest BCUT2D eigenvalue weighted by Crippen LogP contribution is 2.22. The molecule has 1 heterocycles. The molecule has 0 radical (unpaired) electrons. The molecule has 1 N–H and O–H groups in total. The topological polar surface area (TPSA) is 85.6 Å². The smallest absolute Gasteiger partial charge is 0.276 e. The monoisotopic (exact) mass is 432 g/mol. The molecular weight excluding hydrogens is 412 g/mol. The maximum absolute atomic E-state index is 12.4. The number of aromatic nitrogens is 2. The number of aryl methyl sites for hydroxylation is 2. The van der Waals surface area contributed by atoms with Crippen molar-refractivity contribution in [3.05, 3.63) is 70.5 Å². The number of hydrazone groups is 1. The molecule has 0 fully saturated rings. The van der Waals surface area contributed by atoms with Crippen molar-refractivity contribution < 1.29 is 13.2 Å². The van der Waals surface area contributed by atoms with Crippen molar-refractivity contribution in [1.29, 1.82) is 0 Å². The summed E-state index contributed by atoms with van der Waals surface area (Å²) in [7, 11) is -3.81. The Kier molecular flexibility index (Phi) is 6.24. The highest BCUT2D eigenvalue weighted by Gasteiger charge is 2.15. The summed E-state index contributed by atoms with van der Waals surface area (Å²) in [6.07, 6.45) is 1.35. The van der Waals surface area contributed by atoms with E-state index in [4.69, 9.17) is 16.3 Å². The molecule has 1 aromatic heterocycles. The van der Waals surface area contributed by atoms with Crippen LogP contribution in [0.15, 0.2) is 58.5 Å². The van der Waals surface area contributed by atoms with Gasteiger partial charge in [-0.15, -0.1) is 0 Å². The molecule has 7 nitrogen and oxygen atoms in total. The summed E-state index contributed by atoms with van der Waals surface area (Å²) in [5.74, 6) is 0.598. The van der Waals surface area contributed by atoms with E-state index in [0.29, 0.717) is 28.8 Å². The first-order chi connectivity index (χ1) is 13.8. The summed E-state index contributed by atoms with van der Waals surface area (Å²) < 4.78 is 31.7. The SMILES string of the molecule is CCOc1ccc(S(=O)(=O)NN=Cc2c(C)nn(-c3ccc(C)cc3)c2Cl)cc1. The van der Waals surface area contributed by atoms with E-state index in [1.54, 1.807) is 23.7 Å². The van der Waals surface area contributed by atoms with Crippen LogP contribution in [0.3, 0.4) is 0 Å². The Bertz CT molecular complexity index is 1120. The summed E-state index contributed by atoms with van der Waals surface area (Å²) in [6.45, 7) is 6.13. The number of hydrogen-bond donors (Lipinski definition) is 1. The van der Waals surface area contributed by atoms with E-state index >= 15 is 0 Å². The van der Waals surface area contributed by atoms with Crippen molar-refractivity contribution in [3.8, 4) is 11.4 Å². The summed E-state index contributed by atoms with van der Waals surface area (Å²) in [4.78, 5) is 2.27. The number of benzene rings is 2. The van der Waals surface area contributed by atoms with Crippen LogP contribution in [0.2, 0.25) is 5.15 Å². The molecule has 0 saturated carbocycles. The zero-order valence-corrected chi connectivity index (χ0v) is 17.8. The highest BCUT2D eigenvalue weighted by atomic mass is 35.5. The molecule has 152 valence electrons. The molecule has 0 aliphatic carbocycles. The van der Waals surface area contributed by atoms with Gasteiger partial charge in [-0.2, -0.15) is 18.6 Å². The van der Waals surface area contributed by atoms with Gasteiger partial charge in [0.05, 0.1) is 34.7 Å². The third kappa shape index (κ3) is 4.78. The average Bonchev–Trinajstić information content (AvgIpc) is 2.97. The minimum Gasteiger partial charge on any atom is -0.494 e. The molecular formula is C20H21ClN4O3S. The molecule has 0 atom stereocenters. The second-order valence-electron chi connectivity index (χ2n) is 6.29. The fourth-order valence-electron chi connectivity index (χ4n) is 2.61. The predicted molar refractivity (Wildman–Crippen MR) is 114 cm³/mol. The minimum absolute atomic E-state index is 0.0799. The van der Waals surface area contributed by atoms with Crippen LogP contribution in [-0.4, -0.2) is 31.0 Å². The molecule has 0 aliphatic heterocycles. The first kappa shape index (κ1) is 20.9. The van der Waals surface area contributed by atoms with Crippen molar-refractivity contribution in [3.63, 3.8) is 0 Å². The Morgan fingerprint density at radius 2 is 1.79 bits per heavy atom. The second-order valence-corrected chi connectivity index (χ2v) is 8.31. The van der Waals surface area contributed by atoms with Crippen molar-refractivity contribution >= 4 is 27.8 Å². The maximum Gasteiger partial charge on any atom is 0.276 e. The molecule has 0 spiro atoms. The van der Waals surface area contributed by atoms with Gasteiger partial charge >= 0.3 is 0 Å². The van der Waals surface area contributed by atoms with Gasteiger partial charge in [-0.1, -0.05) is 29.3 Å². The lowest BCUT2D eigenvalue weighted by Crippen LogP contribution is -2.18. The summed E-state index contributed by atoms with van der Waals surface area (Å²) >= 11 is 6.44. The van der Waals surface area contributed by atoms with Crippen molar-refractivity contribution in [2.24, 2.45) is 5.10 Å². The lowest BCUT2D eigenvalue weighted by atomic mass is 10.2. The third-order valence-corrected chi connectivity index (χ3v) is 5.74. The van der Waals surface area contributed by atoms with Crippen LogP contribution >= 0.6 is 11.6 Å². The molecule has 0 aliphatic rings. The quantitative estimate of drug-likeness (QED) is 0.453. The summed E-state index contributed by atoms with van der Waals surface area (Å²) in [5, 5.41) is 8.62. The first-order valence-electron chi connectivity index (χ1n) is 8.91. The Labute approximate surface area is 175 Å². The van der Waals surface area contributed by atoms with Crippen molar-refractivity contribution in [2.75, 3.05) is 6.61 Å². The zero-order chi connectivity index (χ0) is 21.0. The van der Waals surface area contributed by atoms with Gasteiger partial charge in [-0.05, 0) is 57.2 Å². The number of nitrogens with zero attached hydrogens (tertiary/aromatic N) is 3. The van der Waals surface area contributed by atoms with Gasteiger partial charge in [-0.25, -0.2) is 9.51 Å². The largest absolute Gasteiger partial charge is 0.494 e. The minimum atomic E-state index is -3.81. The number of halogens is 1. The van der Waals surface area contributed by atoms with Crippen LogP contribution < -0.4 is 9.57 Å². The Morgan fingerprint density at radius 1 is 1.14 bits per heavy atom. The Morgan fingerprint density at radius 3 is 2.41 bits per heavy atom. The number of ether oxygens (including phenoxy) is 1. The van der Waals surface area contributed by atoms with E-state index in [1.165, 1.54) is 18.3 Å². The van der Waals surface area contributed by atoms with Gasteiger partial charge in [0, 0.05) is 0 Å². The van der Waals surface area contributed by atoms with E-state index in [2.05, 4.69) is 15.0 Å². The summed E-state index contributed by atoms with van der Waals surface area (Å²) in [5.41, 5.74) is 3.08. The van der Waals surface area contributed by atoms with Crippen molar-refractivity contribution in [2.45, 2.75) is 25.7 Å². The molecule has 0 bridgehead atoms. The van der Waals surface area contributed by atoms with Crippen molar-refractivity contribution in [1.82, 2.24) is 14.6 Å². The van der Waals surface area contributed by atoms with Gasteiger partial charge in [0.1, 0.15) is 10.9 Å². The predicted octanol–water partition coefficient (Wildman–Crippen LogP) is 3.85. The first-order valence-corrected chi connectivity index (χ1v) is 10.8. The number of nitrogens with one attached hydrogen (secondary N) is 1. The van der Waals surface area contributed by atoms with Gasteiger partial charge in [0.25, 0.3) is 10.0 Å². The number of hydrogen-bond acceptors (Lipinski definition) is 5. The van der Waals surface area contributed by atoms with E-state index in [1.807, 2.05) is 38.1 Å². The molecule has 9 heteroatoms. The van der Waals surface area contributed by atoms with E-state index < -0.39 is 10.0 Å². The fourth-order valence-corrected chi connectivity index (χ4v) is 3.72. The Balaban J connectivity index is 1.78. The molecule has 29 heavy (non-hydrogen) atoms. The normalized spacial score (nSPS) is 11.7. The van der Waals surface area contributed by atoms with Crippen LogP contribution in [0.1, 0.15) is 23.7 Å². The lowest BCUT2D eigenvalue weighted by molar-refractivity contribution is 0.340. The number of rotatable bonds is 7. The molecule has 0 amide bonds. The van der Waals surface area contributed by atoms with E-state index in [9.17, 15) is 8.42 Å². The van der Waals surface area contributed by atoms with Gasteiger partial charge in [0.2, 0.25) is 0 Å².